The molecule has 1 aliphatic carbocycles. The molecule has 2 unspecified atom stereocenters. The molecule has 0 aromatic heterocycles. The Hall–Kier alpha value is -1.43. The number of amides is 1. The van der Waals surface area contributed by atoms with Crippen molar-refractivity contribution in [3.8, 4) is 0 Å². The number of benzene rings is 1. The molecule has 1 heterocycles. The molecule has 3 atom stereocenters. The third kappa shape index (κ3) is 6.53. The lowest BCUT2D eigenvalue weighted by Crippen LogP contribution is -2.55. The second-order valence-corrected chi connectivity index (χ2v) is 10.5. The fourth-order valence-corrected chi connectivity index (χ4v) is 5.20. The molecule has 3 rings (SSSR count). The molecule has 174 valence electrons. The number of piperidine rings is 1. The molecular weight excluding hydrogens is 415 g/mol. The van der Waals surface area contributed by atoms with Crippen molar-refractivity contribution >= 4 is 17.5 Å². The topological polar surface area (TPSA) is 63.8 Å². The molecule has 3 N–H and O–H groups in total. The van der Waals surface area contributed by atoms with Crippen LogP contribution in [0.1, 0.15) is 64.9 Å². The molecule has 0 bridgehead atoms. The summed E-state index contributed by atoms with van der Waals surface area (Å²) < 4.78 is 13.3. The normalized spacial score (nSPS) is 24.4. The number of nitrogens with zero attached hydrogens (tertiary/aromatic N) is 1. The molecule has 1 fully saturated rings. The summed E-state index contributed by atoms with van der Waals surface area (Å²) in [6, 6.07) is 6.69. The Morgan fingerprint density at radius 3 is 2.48 bits per heavy atom. The third-order valence-corrected chi connectivity index (χ3v) is 7.18. The van der Waals surface area contributed by atoms with E-state index in [9.17, 15) is 9.18 Å². The first-order chi connectivity index (χ1) is 14.2. The van der Waals surface area contributed by atoms with Gasteiger partial charge in [0, 0.05) is 18.1 Å². The summed E-state index contributed by atoms with van der Waals surface area (Å²) in [5.74, 6) is 1.11. The van der Waals surface area contributed by atoms with Crippen molar-refractivity contribution in [1.82, 2.24) is 10.2 Å². The quantitative estimate of drug-likeness (QED) is 0.668. The summed E-state index contributed by atoms with van der Waals surface area (Å²) in [6.07, 6.45) is 6.03. The zero-order valence-corrected chi connectivity index (χ0v) is 20.0. The highest BCUT2D eigenvalue weighted by Crippen LogP contribution is 2.42. The average molecular weight is 453 g/mol. The summed E-state index contributed by atoms with van der Waals surface area (Å²) in [5, 5.41) is 4.54. The maximum atomic E-state index is 13.4. The van der Waals surface area contributed by atoms with Gasteiger partial charge in [-0.05, 0) is 73.1 Å². The van der Waals surface area contributed by atoms with Crippen LogP contribution in [0.2, 0.25) is 0 Å². The van der Waals surface area contributed by atoms with Crippen LogP contribution in [0.3, 0.4) is 0 Å². The number of carbonyl (C=O) groups is 1. The predicted octanol–water partition coefficient (Wildman–Crippen LogP) is 4.88. The van der Waals surface area contributed by atoms with E-state index in [0.717, 1.165) is 55.9 Å². The van der Waals surface area contributed by atoms with E-state index in [4.69, 9.17) is 11.6 Å². The zero-order valence-electron chi connectivity index (χ0n) is 19.3. The van der Waals surface area contributed by atoms with Crippen LogP contribution < -0.4 is 5.32 Å². The Balaban J connectivity index is 0.00000341. The van der Waals surface area contributed by atoms with Crippen molar-refractivity contribution in [3.63, 3.8) is 0 Å². The first kappa shape index (κ1) is 25.8. The number of allylic oxidation sites excluding steroid dienone is 2. The minimum absolute atomic E-state index is 0. The fourth-order valence-electron chi connectivity index (χ4n) is 5.00. The lowest BCUT2D eigenvalue weighted by Gasteiger charge is -2.46. The summed E-state index contributed by atoms with van der Waals surface area (Å²) >= 11 is 6.10. The lowest BCUT2D eigenvalue weighted by atomic mass is 9.70. The molecule has 0 spiro atoms. The minimum Gasteiger partial charge on any atom is -0.412 e. The molecule has 6 heteroatoms. The molecule has 31 heavy (non-hydrogen) atoms. The van der Waals surface area contributed by atoms with Gasteiger partial charge in [-0.2, -0.15) is 0 Å². The number of likely N-dealkylation sites (tertiary alicyclic amines) is 1. The zero-order chi connectivity index (χ0) is 21.9. The van der Waals surface area contributed by atoms with Crippen molar-refractivity contribution in [2.75, 3.05) is 19.6 Å². The molecule has 2 aliphatic rings. The van der Waals surface area contributed by atoms with Gasteiger partial charge in [0.15, 0.2) is 0 Å². The van der Waals surface area contributed by atoms with Gasteiger partial charge in [-0.3, -0.25) is 4.79 Å². The summed E-state index contributed by atoms with van der Waals surface area (Å²) in [4.78, 5) is 15.5. The van der Waals surface area contributed by atoms with Crippen LogP contribution >= 0.6 is 11.6 Å². The molecule has 1 amide bonds. The molecule has 0 radical (unpaired) electrons. The fraction of sp³-hybridized carbons (Fsp3) is 0.640. The number of carbonyl (C=O) groups excluding carboxylic acids is 1. The van der Waals surface area contributed by atoms with E-state index < -0.39 is 0 Å². The average Bonchev–Trinajstić information content (AvgIpc) is 2.69. The minimum atomic E-state index is -0.203. The van der Waals surface area contributed by atoms with Gasteiger partial charge in [-0.15, -0.1) is 0 Å². The molecule has 1 aliphatic heterocycles. The Morgan fingerprint density at radius 1 is 1.26 bits per heavy atom. The van der Waals surface area contributed by atoms with E-state index in [1.165, 1.54) is 12.1 Å². The number of rotatable bonds is 6. The molecule has 1 saturated heterocycles. The van der Waals surface area contributed by atoms with E-state index in [1.807, 2.05) is 17.0 Å². The Bertz CT molecular complexity index is 763. The van der Waals surface area contributed by atoms with Crippen LogP contribution in [-0.2, 0) is 4.79 Å². The SMILES string of the molecule is CC(C)[C@@H](NCC1CC=C(Cl)CC1)C(=O)N1CCC(c2ccc(F)cc2)C(C)(C)C1.O. The molecule has 1 aromatic rings. The van der Waals surface area contributed by atoms with Crippen LogP contribution in [0, 0.1) is 23.1 Å². The van der Waals surface area contributed by atoms with Gasteiger partial charge in [0.2, 0.25) is 5.91 Å². The Labute approximate surface area is 191 Å². The van der Waals surface area contributed by atoms with Crippen LogP contribution in [0.4, 0.5) is 4.39 Å². The standard InChI is InChI=1S/C25H36ClFN2O.H2O/c1-17(2)23(28-15-18-5-9-20(26)10-6-18)24(30)29-14-13-22(25(3,4)16-29)19-7-11-21(27)12-8-19;/h7-9,11-12,17-18,22-23,28H,5-6,10,13-16H2,1-4H3;1H2/t18?,22?,23-;/m1./s1. The Morgan fingerprint density at radius 2 is 1.94 bits per heavy atom. The van der Waals surface area contributed by atoms with Gasteiger partial charge in [0.05, 0.1) is 6.04 Å². The van der Waals surface area contributed by atoms with E-state index >= 15 is 0 Å². The lowest BCUT2D eigenvalue weighted by molar-refractivity contribution is -0.138. The highest BCUT2D eigenvalue weighted by molar-refractivity contribution is 6.29. The summed E-state index contributed by atoms with van der Waals surface area (Å²) in [5.41, 5.74) is 1.11. The van der Waals surface area contributed by atoms with Crippen molar-refractivity contribution in [3.05, 3.63) is 46.8 Å². The van der Waals surface area contributed by atoms with Crippen molar-refractivity contribution in [1.29, 1.82) is 0 Å². The van der Waals surface area contributed by atoms with Crippen LogP contribution in [0.15, 0.2) is 35.4 Å². The molecule has 1 aromatic carbocycles. The highest BCUT2D eigenvalue weighted by atomic mass is 35.5. The van der Waals surface area contributed by atoms with Gasteiger partial charge in [-0.25, -0.2) is 4.39 Å². The van der Waals surface area contributed by atoms with Crippen LogP contribution in [0.5, 0.6) is 0 Å². The van der Waals surface area contributed by atoms with Gasteiger partial charge in [0.25, 0.3) is 0 Å². The van der Waals surface area contributed by atoms with Gasteiger partial charge in [0.1, 0.15) is 5.82 Å². The maximum Gasteiger partial charge on any atom is 0.239 e. The maximum absolute atomic E-state index is 13.4. The van der Waals surface area contributed by atoms with Gasteiger partial charge >= 0.3 is 0 Å². The van der Waals surface area contributed by atoms with E-state index in [-0.39, 0.29) is 34.6 Å². The summed E-state index contributed by atoms with van der Waals surface area (Å²) in [7, 11) is 0. The number of nitrogens with one attached hydrogen (secondary N) is 1. The molecule has 4 nitrogen and oxygen atoms in total. The first-order valence-corrected chi connectivity index (χ1v) is 11.7. The largest absolute Gasteiger partial charge is 0.412 e. The van der Waals surface area contributed by atoms with Crippen LogP contribution in [-0.4, -0.2) is 42.0 Å². The highest BCUT2D eigenvalue weighted by Gasteiger charge is 2.40. The first-order valence-electron chi connectivity index (χ1n) is 11.3. The van der Waals surface area contributed by atoms with E-state index in [1.54, 1.807) is 0 Å². The van der Waals surface area contributed by atoms with Gasteiger partial charge in [-0.1, -0.05) is 57.5 Å². The van der Waals surface area contributed by atoms with Crippen molar-refractivity contribution < 1.29 is 14.7 Å². The second kappa shape index (κ2) is 10.9. The molecule has 0 saturated carbocycles. The predicted molar refractivity (Wildman–Crippen MR) is 126 cm³/mol. The van der Waals surface area contributed by atoms with Crippen molar-refractivity contribution in [2.24, 2.45) is 17.3 Å². The number of halogens is 2. The number of hydrogen-bond donors (Lipinski definition) is 1. The molecular formula is C25H38ClFN2O2. The van der Waals surface area contributed by atoms with E-state index in [2.05, 4.69) is 39.1 Å². The second-order valence-electron chi connectivity index (χ2n) is 10.1. The monoisotopic (exact) mass is 452 g/mol. The third-order valence-electron chi connectivity index (χ3n) is 6.84. The van der Waals surface area contributed by atoms with Crippen LogP contribution in [0.25, 0.3) is 0 Å². The van der Waals surface area contributed by atoms with E-state index in [0.29, 0.717) is 11.8 Å². The summed E-state index contributed by atoms with van der Waals surface area (Å²) in [6.45, 7) is 11.0. The Kier molecular flexibility index (Phi) is 9.11. The smallest absolute Gasteiger partial charge is 0.239 e. The van der Waals surface area contributed by atoms with Gasteiger partial charge < -0.3 is 15.7 Å². The van der Waals surface area contributed by atoms with Crippen molar-refractivity contribution in [2.45, 2.75) is 65.3 Å². The number of hydrogen-bond acceptors (Lipinski definition) is 2.